The van der Waals surface area contributed by atoms with Crippen molar-refractivity contribution in [1.29, 1.82) is 5.26 Å². The zero-order chi connectivity index (χ0) is 14.8. The number of rotatable bonds is 8. The minimum atomic E-state index is -0.430. The van der Waals surface area contributed by atoms with Crippen LogP contribution in [0.2, 0.25) is 0 Å². The second kappa shape index (κ2) is 8.91. The molecule has 0 saturated heterocycles. The maximum absolute atomic E-state index is 9.09. The molecule has 108 valence electrons. The van der Waals surface area contributed by atoms with Crippen LogP contribution in [-0.4, -0.2) is 12.9 Å². The predicted octanol–water partition coefficient (Wildman–Crippen LogP) is 3.70. The molecule has 21 heavy (non-hydrogen) atoms. The molecule has 2 aromatic carbocycles. The van der Waals surface area contributed by atoms with Crippen LogP contribution in [0.1, 0.15) is 17.5 Å². The van der Waals surface area contributed by atoms with Crippen molar-refractivity contribution >= 4 is 0 Å². The Balaban J connectivity index is 1.65. The van der Waals surface area contributed by atoms with Crippen molar-refractivity contribution in [2.24, 2.45) is 0 Å². The van der Waals surface area contributed by atoms with Gasteiger partial charge in [-0.3, -0.25) is 0 Å². The summed E-state index contributed by atoms with van der Waals surface area (Å²) in [5, 5.41) is 9.09. The Morgan fingerprint density at radius 3 is 2.14 bits per heavy atom. The largest absolute Gasteiger partial charge is 0.351 e. The van der Waals surface area contributed by atoms with Gasteiger partial charge in [-0.2, -0.15) is 5.26 Å². The van der Waals surface area contributed by atoms with Crippen LogP contribution < -0.4 is 0 Å². The minimum Gasteiger partial charge on any atom is -0.351 e. The van der Waals surface area contributed by atoms with Gasteiger partial charge in [-0.05, 0) is 24.0 Å². The van der Waals surface area contributed by atoms with Crippen LogP contribution in [0.15, 0.2) is 60.7 Å². The molecule has 0 aliphatic heterocycles. The zero-order valence-electron chi connectivity index (χ0n) is 11.9. The molecular weight excluding hydrogens is 262 g/mol. The molecule has 0 bridgehead atoms. The molecule has 0 fully saturated rings. The summed E-state index contributed by atoms with van der Waals surface area (Å²) in [6.45, 7) is 0.638. The lowest BCUT2D eigenvalue weighted by molar-refractivity contribution is -0.0817. The van der Waals surface area contributed by atoms with Gasteiger partial charge in [-0.1, -0.05) is 60.7 Å². The quantitative estimate of drug-likeness (QED) is 0.547. The van der Waals surface area contributed by atoms with Crippen LogP contribution in [0.3, 0.4) is 0 Å². The van der Waals surface area contributed by atoms with E-state index in [2.05, 4.69) is 18.2 Å². The molecule has 0 aromatic heterocycles. The van der Waals surface area contributed by atoms with Crippen molar-refractivity contribution in [3.8, 4) is 6.07 Å². The lowest BCUT2D eigenvalue weighted by atomic mass is 10.1. The van der Waals surface area contributed by atoms with Crippen LogP contribution in [0, 0.1) is 11.3 Å². The van der Waals surface area contributed by atoms with E-state index in [0.29, 0.717) is 13.0 Å². The summed E-state index contributed by atoms with van der Waals surface area (Å²) < 4.78 is 10.9. The van der Waals surface area contributed by atoms with Crippen molar-refractivity contribution in [3.05, 3.63) is 71.8 Å². The Labute approximate surface area is 125 Å². The van der Waals surface area contributed by atoms with Gasteiger partial charge >= 0.3 is 0 Å². The maximum Gasteiger partial charge on any atom is 0.148 e. The van der Waals surface area contributed by atoms with Crippen molar-refractivity contribution in [2.45, 2.75) is 25.6 Å². The molecule has 0 amide bonds. The monoisotopic (exact) mass is 281 g/mol. The molecule has 0 aliphatic rings. The molecule has 3 nitrogen and oxygen atoms in total. The molecule has 0 aliphatic carbocycles. The summed E-state index contributed by atoms with van der Waals surface area (Å²) >= 11 is 0. The summed E-state index contributed by atoms with van der Waals surface area (Å²) in [5.41, 5.74) is 2.31. The van der Waals surface area contributed by atoms with Gasteiger partial charge in [0.25, 0.3) is 0 Å². The zero-order valence-corrected chi connectivity index (χ0v) is 11.9. The summed E-state index contributed by atoms with van der Waals surface area (Å²) in [6, 6.07) is 22.2. The smallest absolute Gasteiger partial charge is 0.148 e. The summed E-state index contributed by atoms with van der Waals surface area (Å²) in [6.07, 6.45) is 1.08. The van der Waals surface area contributed by atoms with Gasteiger partial charge in [-0.15, -0.1) is 0 Å². The molecule has 1 atom stereocenters. The predicted molar refractivity (Wildman–Crippen MR) is 81.3 cm³/mol. The molecule has 0 spiro atoms. The molecule has 0 N–H and O–H groups in total. The average molecular weight is 281 g/mol. The third-order valence-corrected chi connectivity index (χ3v) is 3.15. The van der Waals surface area contributed by atoms with Gasteiger partial charge in [0.1, 0.15) is 12.9 Å². The van der Waals surface area contributed by atoms with E-state index >= 15 is 0 Å². The first-order chi connectivity index (χ1) is 10.4. The number of nitriles is 1. The maximum atomic E-state index is 9.09. The van der Waals surface area contributed by atoms with Crippen molar-refractivity contribution in [2.75, 3.05) is 6.79 Å². The van der Waals surface area contributed by atoms with Crippen LogP contribution in [0.25, 0.3) is 0 Å². The normalized spacial score (nSPS) is 11.8. The van der Waals surface area contributed by atoms with E-state index in [0.717, 1.165) is 12.0 Å². The van der Waals surface area contributed by atoms with Crippen molar-refractivity contribution < 1.29 is 9.47 Å². The van der Waals surface area contributed by atoms with E-state index < -0.39 is 6.10 Å². The van der Waals surface area contributed by atoms with Gasteiger partial charge in [0, 0.05) is 0 Å². The number of hydrogen-bond donors (Lipinski definition) is 0. The van der Waals surface area contributed by atoms with E-state index in [4.69, 9.17) is 14.7 Å². The Morgan fingerprint density at radius 1 is 0.905 bits per heavy atom. The second-order valence-corrected chi connectivity index (χ2v) is 4.76. The highest BCUT2D eigenvalue weighted by Gasteiger charge is 2.07. The SMILES string of the molecule is N#CC(CCc1ccccc1)OCOCc1ccccc1. The van der Waals surface area contributed by atoms with Crippen LogP contribution in [0.5, 0.6) is 0 Å². The third kappa shape index (κ3) is 5.78. The highest BCUT2D eigenvalue weighted by atomic mass is 16.7. The molecule has 2 rings (SSSR count). The van der Waals surface area contributed by atoms with Gasteiger partial charge < -0.3 is 9.47 Å². The Kier molecular flexibility index (Phi) is 6.47. The Hall–Kier alpha value is -2.15. The number of aryl methyl sites for hydroxylation is 1. The number of benzene rings is 2. The molecule has 3 heteroatoms. The first-order valence-corrected chi connectivity index (χ1v) is 7.05. The van der Waals surface area contributed by atoms with E-state index in [-0.39, 0.29) is 6.79 Å². The molecule has 0 radical (unpaired) electrons. The Bertz CT molecular complexity index is 548. The summed E-state index contributed by atoms with van der Waals surface area (Å²) in [5.74, 6) is 0. The fraction of sp³-hybridized carbons (Fsp3) is 0.278. The molecule has 0 heterocycles. The highest BCUT2D eigenvalue weighted by molar-refractivity contribution is 5.15. The summed E-state index contributed by atoms with van der Waals surface area (Å²) in [4.78, 5) is 0. The van der Waals surface area contributed by atoms with Crippen molar-refractivity contribution in [3.63, 3.8) is 0 Å². The van der Waals surface area contributed by atoms with Gasteiger partial charge in [0.2, 0.25) is 0 Å². The van der Waals surface area contributed by atoms with E-state index in [1.165, 1.54) is 5.56 Å². The fourth-order valence-corrected chi connectivity index (χ4v) is 1.99. The molecule has 1 unspecified atom stereocenters. The van der Waals surface area contributed by atoms with Crippen molar-refractivity contribution in [1.82, 2.24) is 0 Å². The Morgan fingerprint density at radius 2 is 1.52 bits per heavy atom. The lowest BCUT2D eigenvalue weighted by Crippen LogP contribution is -2.14. The van der Waals surface area contributed by atoms with Crippen LogP contribution in [-0.2, 0) is 22.5 Å². The number of nitrogens with zero attached hydrogens (tertiary/aromatic N) is 1. The number of ether oxygens (including phenoxy) is 2. The fourth-order valence-electron chi connectivity index (χ4n) is 1.99. The summed E-state index contributed by atoms with van der Waals surface area (Å²) in [7, 11) is 0. The number of hydrogen-bond acceptors (Lipinski definition) is 3. The molecule has 2 aromatic rings. The topological polar surface area (TPSA) is 42.2 Å². The average Bonchev–Trinajstić information content (AvgIpc) is 2.56. The van der Waals surface area contributed by atoms with E-state index in [1.807, 2.05) is 48.5 Å². The molecule has 0 saturated carbocycles. The van der Waals surface area contributed by atoms with E-state index in [9.17, 15) is 0 Å². The minimum absolute atomic E-state index is 0.141. The van der Waals surface area contributed by atoms with Gasteiger partial charge in [-0.25, -0.2) is 0 Å². The van der Waals surface area contributed by atoms with Gasteiger partial charge in [0.05, 0.1) is 12.7 Å². The van der Waals surface area contributed by atoms with Crippen LogP contribution in [0.4, 0.5) is 0 Å². The second-order valence-electron chi connectivity index (χ2n) is 4.76. The van der Waals surface area contributed by atoms with E-state index in [1.54, 1.807) is 0 Å². The highest BCUT2D eigenvalue weighted by Crippen LogP contribution is 2.08. The van der Waals surface area contributed by atoms with Gasteiger partial charge in [0.15, 0.2) is 0 Å². The first-order valence-electron chi connectivity index (χ1n) is 7.05. The first kappa shape index (κ1) is 15.2. The standard InChI is InChI=1S/C18H19NO2/c19-13-18(12-11-16-7-3-1-4-8-16)21-15-20-14-17-9-5-2-6-10-17/h1-10,18H,11-12,14-15H2. The third-order valence-electron chi connectivity index (χ3n) is 3.15. The van der Waals surface area contributed by atoms with Crippen LogP contribution >= 0.6 is 0 Å². The molecular formula is C18H19NO2. The lowest BCUT2D eigenvalue weighted by Gasteiger charge is -2.11.